The van der Waals surface area contributed by atoms with Crippen molar-refractivity contribution < 1.29 is 0 Å². The lowest BCUT2D eigenvalue weighted by atomic mass is 10.0. The van der Waals surface area contributed by atoms with Gasteiger partial charge in [-0.3, -0.25) is 9.98 Å². The van der Waals surface area contributed by atoms with Crippen LogP contribution in [0, 0.1) is 0 Å². The van der Waals surface area contributed by atoms with Crippen molar-refractivity contribution in [1.29, 1.82) is 0 Å². The van der Waals surface area contributed by atoms with Gasteiger partial charge in [-0.25, -0.2) is 0 Å². The van der Waals surface area contributed by atoms with Crippen molar-refractivity contribution in [2.75, 3.05) is 0 Å². The number of hydrogen-bond acceptors (Lipinski definition) is 2. The van der Waals surface area contributed by atoms with E-state index in [0.29, 0.717) is 0 Å². The van der Waals surface area contributed by atoms with Crippen LogP contribution in [0.15, 0.2) is 113 Å². The van der Waals surface area contributed by atoms with Crippen LogP contribution in [0.5, 0.6) is 0 Å². The van der Waals surface area contributed by atoms with Crippen molar-refractivity contribution in [3.8, 4) is 0 Å². The highest BCUT2D eigenvalue weighted by Crippen LogP contribution is 2.14. The number of rotatable bonds is 7. The summed E-state index contributed by atoms with van der Waals surface area (Å²) in [6, 6.07) is 30.5. The Labute approximate surface area is 155 Å². The third-order valence-corrected chi connectivity index (χ3v) is 3.91. The molecule has 0 unspecified atom stereocenters. The summed E-state index contributed by atoms with van der Waals surface area (Å²) >= 11 is 0. The van der Waals surface area contributed by atoms with Crippen LogP contribution in [0.4, 0.5) is 11.4 Å². The maximum atomic E-state index is 4.54. The lowest BCUT2D eigenvalue weighted by Gasteiger charge is -2.04. The van der Waals surface area contributed by atoms with Gasteiger partial charge in [0.25, 0.3) is 0 Å². The molecule has 0 aliphatic carbocycles. The molecule has 0 aromatic heterocycles. The molecule has 0 radical (unpaired) electrons. The van der Waals surface area contributed by atoms with Crippen LogP contribution in [0.1, 0.15) is 12.0 Å². The fraction of sp³-hybridized carbons (Fsp3) is 0.0833. The van der Waals surface area contributed by atoms with Crippen molar-refractivity contribution in [2.45, 2.75) is 12.8 Å². The summed E-state index contributed by atoms with van der Waals surface area (Å²) in [7, 11) is 0. The minimum absolute atomic E-state index is 0.796. The van der Waals surface area contributed by atoms with Gasteiger partial charge >= 0.3 is 0 Å². The molecule has 0 N–H and O–H groups in total. The van der Waals surface area contributed by atoms with Gasteiger partial charge in [-0.05, 0) is 42.3 Å². The first-order valence-corrected chi connectivity index (χ1v) is 8.79. The maximum Gasteiger partial charge on any atom is 0.0629 e. The monoisotopic (exact) mass is 338 g/mol. The molecule has 0 bridgehead atoms. The van der Waals surface area contributed by atoms with Crippen molar-refractivity contribution in [2.24, 2.45) is 9.98 Å². The number of nitrogens with zero attached hydrogens (tertiary/aromatic N) is 2. The molecule has 0 saturated heterocycles. The average molecular weight is 338 g/mol. The molecule has 0 fully saturated rings. The summed E-state index contributed by atoms with van der Waals surface area (Å²) < 4.78 is 0. The van der Waals surface area contributed by atoms with E-state index in [1.807, 2.05) is 79.2 Å². The van der Waals surface area contributed by atoms with E-state index < -0.39 is 0 Å². The molecule has 0 amide bonds. The topological polar surface area (TPSA) is 24.7 Å². The van der Waals surface area contributed by atoms with E-state index in [-0.39, 0.29) is 0 Å². The van der Waals surface area contributed by atoms with Crippen molar-refractivity contribution in [3.05, 3.63) is 108 Å². The van der Waals surface area contributed by atoms with E-state index >= 15 is 0 Å². The molecule has 0 aliphatic rings. The molecule has 0 aliphatic heterocycles. The second kappa shape index (κ2) is 9.90. The van der Waals surface area contributed by atoms with E-state index in [0.717, 1.165) is 24.2 Å². The molecule has 3 rings (SSSR count). The summed E-state index contributed by atoms with van der Waals surface area (Å²) in [5.41, 5.74) is 4.50. The van der Waals surface area contributed by atoms with Gasteiger partial charge in [-0.2, -0.15) is 0 Å². The predicted octanol–water partition coefficient (Wildman–Crippen LogP) is 6.35. The summed E-state index contributed by atoms with van der Waals surface area (Å²) in [6.07, 6.45) is 7.63. The van der Waals surface area contributed by atoms with Gasteiger partial charge in [0.1, 0.15) is 0 Å². The molecule has 3 aromatic carbocycles. The molecule has 3 aromatic rings. The third kappa shape index (κ3) is 5.99. The molecule has 0 heterocycles. The number of allylic oxidation sites excluding steroid dienone is 2. The van der Waals surface area contributed by atoms with E-state index in [2.05, 4.69) is 40.3 Å². The van der Waals surface area contributed by atoms with Crippen molar-refractivity contribution in [1.82, 2.24) is 0 Å². The largest absolute Gasteiger partial charge is 0.261 e. The van der Waals surface area contributed by atoms with Gasteiger partial charge in [0, 0.05) is 18.9 Å². The molecule has 2 heteroatoms. The van der Waals surface area contributed by atoms with Gasteiger partial charge in [-0.15, -0.1) is 0 Å². The lowest BCUT2D eigenvalue weighted by Crippen LogP contribution is -1.93. The molecular weight excluding hydrogens is 316 g/mol. The highest BCUT2D eigenvalue weighted by Gasteiger charge is 1.98. The minimum atomic E-state index is 0.796. The van der Waals surface area contributed by atoms with Crippen LogP contribution in [0.3, 0.4) is 0 Å². The SMILES string of the molecule is C(C=C(CC=Nc1ccccc1)Cc1ccccc1)=Nc1ccccc1. The maximum absolute atomic E-state index is 4.54. The summed E-state index contributed by atoms with van der Waals surface area (Å²) in [6.45, 7) is 0. The molecule has 0 spiro atoms. The highest BCUT2D eigenvalue weighted by atomic mass is 14.7. The second-order valence-electron chi connectivity index (χ2n) is 5.95. The van der Waals surface area contributed by atoms with E-state index in [4.69, 9.17) is 0 Å². The van der Waals surface area contributed by atoms with Gasteiger partial charge in [0.15, 0.2) is 0 Å². The quantitative estimate of drug-likeness (QED) is 0.448. The van der Waals surface area contributed by atoms with Crippen molar-refractivity contribution in [3.63, 3.8) is 0 Å². The summed E-state index contributed by atoms with van der Waals surface area (Å²) in [5.74, 6) is 0. The summed E-state index contributed by atoms with van der Waals surface area (Å²) in [4.78, 5) is 9.05. The van der Waals surface area contributed by atoms with E-state index in [9.17, 15) is 0 Å². The van der Waals surface area contributed by atoms with E-state index in [1.54, 1.807) is 0 Å². The van der Waals surface area contributed by atoms with Crippen LogP contribution in [0.25, 0.3) is 0 Å². The Kier molecular flexibility index (Phi) is 6.68. The smallest absolute Gasteiger partial charge is 0.0629 e. The Bertz CT molecular complexity index is 864. The van der Waals surface area contributed by atoms with Crippen LogP contribution >= 0.6 is 0 Å². The Balaban J connectivity index is 1.71. The Morgan fingerprint density at radius 3 is 1.81 bits per heavy atom. The number of hydrogen-bond donors (Lipinski definition) is 0. The molecule has 2 nitrogen and oxygen atoms in total. The standard InChI is InChI=1S/C24H22N2/c1-4-10-21(11-5-1)20-22(16-18-25-23-12-6-2-7-13-23)17-19-26-24-14-8-3-9-15-24/h1-16,18-19H,17,20H2. The fourth-order valence-electron chi connectivity index (χ4n) is 2.58. The van der Waals surface area contributed by atoms with Gasteiger partial charge < -0.3 is 0 Å². The Morgan fingerprint density at radius 1 is 0.654 bits per heavy atom. The van der Waals surface area contributed by atoms with Crippen LogP contribution < -0.4 is 0 Å². The molecule has 0 saturated carbocycles. The van der Waals surface area contributed by atoms with Crippen LogP contribution in [-0.4, -0.2) is 12.4 Å². The Morgan fingerprint density at radius 2 is 1.19 bits per heavy atom. The molecule has 0 atom stereocenters. The number of benzene rings is 3. The zero-order valence-corrected chi connectivity index (χ0v) is 14.7. The van der Waals surface area contributed by atoms with E-state index in [1.165, 1.54) is 11.1 Å². The zero-order chi connectivity index (χ0) is 17.9. The average Bonchev–Trinajstić information content (AvgIpc) is 2.70. The first kappa shape index (κ1) is 17.6. The molecule has 128 valence electrons. The summed E-state index contributed by atoms with van der Waals surface area (Å²) in [5, 5.41) is 0. The highest BCUT2D eigenvalue weighted by molar-refractivity contribution is 5.77. The van der Waals surface area contributed by atoms with Gasteiger partial charge in [-0.1, -0.05) is 72.3 Å². The second-order valence-corrected chi connectivity index (χ2v) is 5.95. The predicted molar refractivity (Wildman–Crippen MR) is 112 cm³/mol. The molecule has 26 heavy (non-hydrogen) atoms. The number of aliphatic imine (C=N–C) groups is 2. The zero-order valence-electron chi connectivity index (χ0n) is 14.7. The third-order valence-electron chi connectivity index (χ3n) is 3.91. The fourth-order valence-corrected chi connectivity index (χ4v) is 2.58. The Hall–Kier alpha value is -3.26. The normalized spacial score (nSPS) is 12.1. The van der Waals surface area contributed by atoms with Crippen LogP contribution in [0.2, 0.25) is 0 Å². The minimum Gasteiger partial charge on any atom is -0.261 e. The lowest BCUT2D eigenvalue weighted by molar-refractivity contribution is 1.10. The first-order valence-electron chi connectivity index (χ1n) is 8.79. The number of para-hydroxylation sites is 2. The first-order chi connectivity index (χ1) is 12.9. The molecular formula is C24H22N2. The van der Waals surface area contributed by atoms with Crippen molar-refractivity contribution >= 4 is 23.8 Å². The van der Waals surface area contributed by atoms with Gasteiger partial charge in [0.05, 0.1) is 11.4 Å². The van der Waals surface area contributed by atoms with Gasteiger partial charge in [0.2, 0.25) is 0 Å². The van der Waals surface area contributed by atoms with Crippen LogP contribution in [-0.2, 0) is 6.42 Å².